The molecule has 1 rings (SSSR count). The summed E-state index contributed by atoms with van der Waals surface area (Å²) in [4.78, 5) is 13.0. The molecule has 0 aromatic rings. The predicted molar refractivity (Wildman–Crippen MR) is 262 cm³/mol. The standard InChI is InChI=1S/C54H93NO8/c1-3-5-7-9-11-13-14-15-16-17-18-19-20-21-22-23-24-25-26-27-28-29-30-31-32-33-34-36-38-40-42-44-50(58)55-47(48(57)43-41-39-37-35-12-10-8-6-4-2)46-62-54-53(61)52(60)51(59)49(45-56)63-54/h5,7,11,13,15-16,18-19,21-22,24-25,41,43,47-49,51-54,56-57,59-61H,3-4,6,8-10,12,14,17,20,23,26-40,42,44-46H2,1-2H3,(H,55,58)/b7-5-,13-11-,16-15-,19-18-,22-21-,25-24-,43-41+. The van der Waals surface area contributed by atoms with Gasteiger partial charge in [-0.2, -0.15) is 0 Å². The largest absolute Gasteiger partial charge is 0.394 e. The first-order chi connectivity index (χ1) is 30.8. The van der Waals surface area contributed by atoms with E-state index in [0.717, 1.165) is 77.0 Å². The van der Waals surface area contributed by atoms with Crippen LogP contribution in [0.3, 0.4) is 0 Å². The highest BCUT2D eigenvalue weighted by atomic mass is 16.7. The number of aliphatic hydroxyl groups is 5. The molecule has 9 heteroatoms. The first-order valence-electron chi connectivity index (χ1n) is 25.3. The molecule has 0 spiro atoms. The van der Waals surface area contributed by atoms with Gasteiger partial charge in [-0.1, -0.05) is 202 Å². The van der Waals surface area contributed by atoms with Crippen LogP contribution >= 0.6 is 0 Å². The normalized spacial score (nSPS) is 20.9. The molecule has 6 N–H and O–H groups in total. The Hall–Kier alpha value is -2.63. The second-order valence-corrected chi connectivity index (χ2v) is 17.2. The molecule has 0 aromatic heterocycles. The molecule has 7 unspecified atom stereocenters. The molecular weight excluding hydrogens is 791 g/mol. The zero-order valence-electron chi connectivity index (χ0n) is 39.8. The lowest BCUT2D eigenvalue weighted by molar-refractivity contribution is -0.302. The van der Waals surface area contributed by atoms with E-state index in [4.69, 9.17) is 9.47 Å². The average Bonchev–Trinajstić information content (AvgIpc) is 3.28. The quantitative estimate of drug-likeness (QED) is 0.0263. The Morgan fingerprint density at radius 3 is 1.46 bits per heavy atom. The van der Waals surface area contributed by atoms with Crippen LogP contribution in [0.25, 0.3) is 0 Å². The fourth-order valence-electron chi connectivity index (χ4n) is 7.45. The van der Waals surface area contributed by atoms with Gasteiger partial charge in [-0.3, -0.25) is 4.79 Å². The summed E-state index contributed by atoms with van der Waals surface area (Å²) in [6, 6.07) is -0.808. The smallest absolute Gasteiger partial charge is 0.220 e. The number of allylic oxidation sites excluding steroid dienone is 13. The van der Waals surface area contributed by atoms with Crippen LogP contribution in [0, 0.1) is 0 Å². The highest BCUT2D eigenvalue weighted by molar-refractivity contribution is 5.76. The number of carbonyl (C=O) groups excluding carboxylic acids is 1. The first-order valence-corrected chi connectivity index (χ1v) is 25.3. The summed E-state index contributed by atoms with van der Waals surface area (Å²) in [5.74, 6) is -0.186. The van der Waals surface area contributed by atoms with Gasteiger partial charge >= 0.3 is 0 Å². The van der Waals surface area contributed by atoms with Crippen LogP contribution in [0.5, 0.6) is 0 Å². The Labute approximate surface area is 384 Å². The van der Waals surface area contributed by atoms with E-state index in [2.05, 4.69) is 92.1 Å². The van der Waals surface area contributed by atoms with Gasteiger partial charge < -0.3 is 40.3 Å². The average molecular weight is 884 g/mol. The summed E-state index contributed by atoms with van der Waals surface area (Å²) in [6.07, 6.45) is 53.7. The second-order valence-electron chi connectivity index (χ2n) is 17.2. The summed E-state index contributed by atoms with van der Waals surface area (Å²) in [5.41, 5.74) is 0. The van der Waals surface area contributed by atoms with Gasteiger partial charge in [0.2, 0.25) is 5.91 Å². The number of amides is 1. The van der Waals surface area contributed by atoms with E-state index in [1.807, 2.05) is 6.08 Å². The van der Waals surface area contributed by atoms with Gasteiger partial charge in [-0.15, -0.1) is 0 Å². The van der Waals surface area contributed by atoms with Gasteiger partial charge in [0.25, 0.3) is 0 Å². The maximum absolute atomic E-state index is 13.0. The summed E-state index contributed by atoms with van der Waals surface area (Å²) < 4.78 is 11.2. The van der Waals surface area contributed by atoms with Crippen LogP contribution in [0.4, 0.5) is 0 Å². The van der Waals surface area contributed by atoms with Crippen LogP contribution in [0.2, 0.25) is 0 Å². The number of nitrogens with one attached hydrogen (secondary N) is 1. The van der Waals surface area contributed by atoms with E-state index in [-0.39, 0.29) is 12.5 Å². The van der Waals surface area contributed by atoms with Gasteiger partial charge in [-0.05, 0) is 70.6 Å². The molecule has 0 aliphatic carbocycles. The summed E-state index contributed by atoms with van der Waals surface area (Å²) in [7, 11) is 0. The van der Waals surface area contributed by atoms with Gasteiger partial charge in [0, 0.05) is 6.42 Å². The first kappa shape index (κ1) is 58.4. The van der Waals surface area contributed by atoms with E-state index in [1.54, 1.807) is 6.08 Å². The number of ether oxygens (including phenoxy) is 2. The van der Waals surface area contributed by atoms with Crippen molar-refractivity contribution in [2.45, 2.75) is 236 Å². The number of hydrogen-bond acceptors (Lipinski definition) is 8. The Kier molecular flexibility index (Phi) is 40.1. The van der Waals surface area contributed by atoms with E-state index >= 15 is 0 Å². The molecule has 0 saturated carbocycles. The van der Waals surface area contributed by atoms with Gasteiger partial charge in [0.15, 0.2) is 6.29 Å². The minimum atomic E-state index is -1.57. The minimum Gasteiger partial charge on any atom is -0.394 e. The lowest BCUT2D eigenvalue weighted by atomic mass is 9.99. The van der Waals surface area contributed by atoms with E-state index < -0.39 is 49.5 Å². The van der Waals surface area contributed by atoms with Crippen molar-refractivity contribution in [1.82, 2.24) is 5.32 Å². The molecule has 1 saturated heterocycles. The lowest BCUT2D eigenvalue weighted by Gasteiger charge is -2.40. The molecule has 9 nitrogen and oxygen atoms in total. The molecular formula is C54H93NO8. The summed E-state index contributed by atoms with van der Waals surface area (Å²) in [6.45, 7) is 3.61. The molecule has 63 heavy (non-hydrogen) atoms. The van der Waals surface area contributed by atoms with E-state index in [9.17, 15) is 30.3 Å². The second kappa shape index (κ2) is 43.3. The van der Waals surface area contributed by atoms with Gasteiger partial charge in [0.1, 0.15) is 24.4 Å². The van der Waals surface area contributed by atoms with Gasteiger partial charge in [0.05, 0.1) is 25.4 Å². The third-order valence-corrected chi connectivity index (χ3v) is 11.5. The van der Waals surface area contributed by atoms with Crippen LogP contribution in [-0.4, -0.2) is 87.5 Å². The van der Waals surface area contributed by atoms with Crippen molar-refractivity contribution in [3.05, 3.63) is 85.1 Å². The molecule has 7 atom stereocenters. The minimum absolute atomic E-state index is 0.186. The Balaban J connectivity index is 2.16. The monoisotopic (exact) mass is 884 g/mol. The van der Waals surface area contributed by atoms with Crippen molar-refractivity contribution in [3.63, 3.8) is 0 Å². The van der Waals surface area contributed by atoms with Crippen LogP contribution in [0.1, 0.15) is 194 Å². The molecule has 0 aromatic carbocycles. The highest BCUT2D eigenvalue weighted by Crippen LogP contribution is 2.22. The molecule has 0 bridgehead atoms. The topological polar surface area (TPSA) is 149 Å². The van der Waals surface area contributed by atoms with Crippen molar-refractivity contribution >= 4 is 5.91 Å². The lowest BCUT2D eigenvalue weighted by Crippen LogP contribution is -2.60. The third-order valence-electron chi connectivity index (χ3n) is 11.5. The van der Waals surface area contributed by atoms with Crippen molar-refractivity contribution in [2.75, 3.05) is 13.2 Å². The number of hydrogen-bond donors (Lipinski definition) is 6. The van der Waals surface area contributed by atoms with Crippen LogP contribution in [0.15, 0.2) is 85.1 Å². The van der Waals surface area contributed by atoms with Crippen molar-refractivity contribution in [3.8, 4) is 0 Å². The maximum atomic E-state index is 13.0. The zero-order chi connectivity index (χ0) is 45.9. The zero-order valence-corrected chi connectivity index (χ0v) is 39.8. The molecule has 1 aliphatic rings. The fourth-order valence-corrected chi connectivity index (χ4v) is 7.45. The molecule has 362 valence electrons. The van der Waals surface area contributed by atoms with Crippen LogP contribution < -0.4 is 5.32 Å². The third kappa shape index (κ3) is 33.5. The molecule has 1 fully saturated rings. The number of rotatable bonds is 41. The van der Waals surface area contributed by atoms with Crippen molar-refractivity contribution < 1.29 is 39.8 Å². The number of aliphatic hydroxyl groups excluding tert-OH is 5. The fraction of sp³-hybridized carbons (Fsp3) is 0.722. The Morgan fingerprint density at radius 2 is 0.984 bits per heavy atom. The van der Waals surface area contributed by atoms with E-state index in [1.165, 1.54) is 96.3 Å². The van der Waals surface area contributed by atoms with Crippen molar-refractivity contribution in [1.29, 1.82) is 0 Å². The molecule has 1 amide bonds. The van der Waals surface area contributed by atoms with Crippen LogP contribution in [-0.2, 0) is 14.3 Å². The summed E-state index contributed by atoms with van der Waals surface area (Å²) in [5, 5.41) is 54.1. The Morgan fingerprint density at radius 1 is 0.556 bits per heavy atom. The molecule has 1 aliphatic heterocycles. The molecule has 1 heterocycles. The Bertz CT molecular complexity index is 1260. The number of unbranched alkanes of at least 4 members (excludes halogenated alkanes) is 19. The summed E-state index contributed by atoms with van der Waals surface area (Å²) >= 11 is 0. The highest BCUT2D eigenvalue weighted by Gasteiger charge is 2.44. The predicted octanol–water partition coefficient (Wildman–Crippen LogP) is 11.5. The van der Waals surface area contributed by atoms with E-state index in [0.29, 0.717) is 6.42 Å². The van der Waals surface area contributed by atoms with Crippen molar-refractivity contribution in [2.24, 2.45) is 0 Å². The molecule has 0 radical (unpaired) electrons. The number of carbonyl (C=O) groups is 1. The maximum Gasteiger partial charge on any atom is 0.220 e. The SMILES string of the molecule is CC/C=C\C/C=C\C/C=C\C/C=C\C/C=C\C/C=C\CCCCCCCCCCCCCCC(=O)NC(COC1OC(CO)C(O)C(O)C1O)C(O)/C=C/CCCCCCCCC. The van der Waals surface area contributed by atoms with Gasteiger partial charge in [-0.25, -0.2) is 0 Å².